The van der Waals surface area contributed by atoms with Crippen LogP contribution in [0.5, 0.6) is 5.75 Å². The summed E-state index contributed by atoms with van der Waals surface area (Å²) in [5, 5.41) is 5.65. The average Bonchev–Trinajstić information content (AvgIpc) is 3.04. The van der Waals surface area contributed by atoms with Crippen molar-refractivity contribution in [1.29, 1.82) is 0 Å². The van der Waals surface area contributed by atoms with E-state index in [1.807, 2.05) is 16.9 Å². The fraction of sp³-hybridized carbons (Fsp3) is 0.562. The van der Waals surface area contributed by atoms with E-state index >= 15 is 0 Å². The standard InChI is InChI=1S/C16H20N2O2/c1-16(7-8-16)20-13-6-5-12-11-17-18(14(12)10-13)15-4-2-3-9-19-15/h5-6,10-11,15H,2-4,7-9H2,1H3. The summed E-state index contributed by atoms with van der Waals surface area (Å²) in [6.07, 6.45) is 7.69. The molecule has 1 saturated carbocycles. The van der Waals surface area contributed by atoms with E-state index in [9.17, 15) is 0 Å². The smallest absolute Gasteiger partial charge is 0.150 e. The zero-order chi connectivity index (χ0) is 13.6. The van der Waals surface area contributed by atoms with Gasteiger partial charge in [-0.25, -0.2) is 4.68 Å². The Morgan fingerprint density at radius 1 is 1.35 bits per heavy atom. The largest absolute Gasteiger partial charge is 0.487 e. The van der Waals surface area contributed by atoms with Gasteiger partial charge in [0.25, 0.3) is 0 Å². The van der Waals surface area contributed by atoms with Gasteiger partial charge in [0.15, 0.2) is 6.23 Å². The molecule has 0 amide bonds. The minimum absolute atomic E-state index is 0.0554. The van der Waals surface area contributed by atoms with Gasteiger partial charge < -0.3 is 9.47 Å². The summed E-state index contributed by atoms with van der Waals surface area (Å²) in [7, 11) is 0. The lowest BCUT2D eigenvalue weighted by Crippen LogP contribution is -2.19. The van der Waals surface area contributed by atoms with Gasteiger partial charge in [0.05, 0.1) is 11.7 Å². The third-order valence-electron chi connectivity index (χ3n) is 4.32. The number of fused-ring (bicyclic) bond motifs is 1. The van der Waals surface area contributed by atoms with Crippen molar-refractivity contribution in [2.45, 2.75) is 50.9 Å². The molecule has 2 aromatic rings. The molecule has 0 N–H and O–H groups in total. The van der Waals surface area contributed by atoms with Gasteiger partial charge in [-0.2, -0.15) is 5.10 Å². The van der Waals surface area contributed by atoms with Crippen LogP contribution in [0.4, 0.5) is 0 Å². The number of ether oxygens (including phenoxy) is 2. The lowest BCUT2D eigenvalue weighted by molar-refractivity contribution is -0.0366. The van der Waals surface area contributed by atoms with Crippen LogP contribution >= 0.6 is 0 Å². The Hall–Kier alpha value is -1.55. The molecule has 4 nitrogen and oxygen atoms in total. The fourth-order valence-electron chi connectivity index (χ4n) is 2.79. The molecule has 106 valence electrons. The highest BCUT2D eigenvalue weighted by molar-refractivity contribution is 5.80. The molecule has 2 fully saturated rings. The first-order valence-corrected chi connectivity index (χ1v) is 7.51. The lowest BCUT2D eigenvalue weighted by Gasteiger charge is -2.23. The van der Waals surface area contributed by atoms with Gasteiger partial charge in [-0.3, -0.25) is 0 Å². The summed E-state index contributed by atoms with van der Waals surface area (Å²) in [5.74, 6) is 0.940. The Bertz CT molecular complexity index is 624. The number of hydrogen-bond acceptors (Lipinski definition) is 3. The Balaban J connectivity index is 1.68. The van der Waals surface area contributed by atoms with E-state index < -0.39 is 0 Å². The maximum Gasteiger partial charge on any atom is 0.150 e. The van der Waals surface area contributed by atoms with Crippen LogP contribution < -0.4 is 4.74 Å². The highest BCUT2D eigenvalue weighted by Gasteiger charge is 2.40. The zero-order valence-electron chi connectivity index (χ0n) is 11.8. The molecule has 0 radical (unpaired) electrons. The van der Waals surface area contributed by atoms with Crippen molar-refractivity contribution < 1.29 is 9.47 Å². The van der Waals surface area contributed by atoms with E-state index in [-0.39, 0.29) is 11.8 Å². The van der Waals surface area contributed by atoms with Gasteiger partial charge in [0.1, 0.15) is 11.4 Å². The molecule has 1 aliphatic carbocycles. The molecule has 1 atom stereocenters. The topological polar surface area (TPSA) is 36.3 Å². The summed E-state index contributed by atoms with van der Waals surface area (Å²) in [6, 6.07) is 6.23. The Kier molecular flexibility index (Phi) is 2.74. The van der Waals surface area contributed by atoms with Crippen LogP contribution in [0.1, 0.15) is 45.3 Å². The second-order valence-electron chi connectivity index (χ2n) is 6.18. The van der Waals surface area contributed by atoms with Crippen molar-refractivity contribution in [2.24, 2.45) is 0 Å². The van der Waals surface area contributed by atoms with Gasteiger partial charge in [0, 0.05) is 18.1 Å². The third-order valence-corrected chi connectivity index (χ3v) is 4.32. The predicted molar refractivity (Wildman–Crippen MR) is 76.8 cm³/mol. The van der Waals surface area contributed by atoms with E-state index in [1.54, 1.807) is 0 Å². The van der Waals surface area contributed by atoms with E-state index in [4.69, 9.17) is 9.47 Å². The Morgan fingerprint density at radius 2 is 2.25 bits per heavy atom. The molecule has 1 unspecified atom stereocenters. The van der Waals surface area contributed by atoms with E-state index in [0.29, 0.717) is 0 Å². The maximum atomic E-state index is 6.05. The number of nitrogens with zero attached hydrogens (tertiary/aromatic N) is 2. The monoisotopic (exact) mass is 272 g/mol. The minimum atomic E-state index is 0.0554. The van der Waals surface area contributed by atoms with E-state index in [2.05, 4.69) is 24.2 Å². The van der Waals surface area contributed by atoms with Crippen molar-refractivity contribution in [3.63, 3.8) is 0 Å². The second kappa shape index (κ2) is 4.48. The van der Waals surface area contributed by atoms with Crippen molar-refractivity contribution >= 4 is 10.9 Å². The molecular formula is C16H20N2O2. The molecule has 2 heterocycles. The first-order chi connectivity index (χ1) is 9.73. The van der Waals surface area contributed by atoms with Crippen LogP contribution in [0.3, 0.4) is 0 Å². The van der Waals surface area contributed by atoms with E-state index in [1.165, 1.54) is 6.42 Å². The van der Waals surface area contributed by atoms with Crippen LogP contribution in [0.2, 0.25) is 0 Å². The summed E-state index contributed by atoms with van der Waals surface area (Å²) in [4.78, 5) is 0. The average molecular weight is 272 g/mol. The quantitative estimate of drug-likeness (QED) is 0.855. The van der Waals surface area contributed by atoms with Crippen LogP contribution in [-0.4, -0.2) is 22.0 Å². The zero-order valence-corrected chi connectivity index (χ0v) is 11.8. The second-order valence-corrected chi connectivity index (χ2v) is 6.18. The summed E-state index contributed by atoms with van der Waals surface area (Å²) < 4.78 is 13.9. The van der Waals surface area contributed by atoms with E-state index in [0.717, 1.165) is 48.9 Å². The number of aromatic nitrogens is 2. The molecule has 4 rings (SSSR count). The van der Waals surface area contributed by atoms with Gasteiger partial charge in [-0.15, -0.1) is 0 Å². The molecule has 4 heteroatoms. The summed E-state index contributed by atoms with van der Waals surface area (Å²) in [6.45, 7) is 3.00. The van der Waals surface area contributed by atoms with Crippen molar-refractivity contribution in [3.05, 3.63) is 24.4 Å². The molecule has 20 heavy (non-hydrogen) atoms. The van der Waals surface area contributed by atoms with Gasteiger partial charge in [0.2, 0.25) is 0 Å². The molecule has 1 aromatic carbocycles. The Morgan fingerprint density at radius 3 is 3.00 bits per heavy atom. The van der Waals surface area contributed by atoms with Crippen LogP contribution in [0, 0.1) is 0 Å². The first kappa shape index (κ1) is 12.2. The molecule has 0 bridgehead atoms. The summed E-state index contributed by atoms with van der Waals surface area (Å²) in [5.41, 5.74) is 1.17. The van der Waals surface area contributed by atoms with Crippen LogP contribution in [0.25, 0.3) is 10.9 Å². The van der Waals surface area contributed by atoms with Crippen molar-refractivity contribution in [1.82, 2.24) is 9.78 Å². The molecular weight excluding hydrogens is 252 g/mol. The highest BCUT2D eigenvalue weighted by Crippen LogP contribution is 2.40. The first-order valence-electron chi connectivity index (χ1n) is 7.51. The Labute approximate surface area is 118 Å². The van der Waals surface area contributed by atoms with Crippen molar-refractivity contribution in [2.75, 3.05) is 6.61 Å². The molecule has 1 aliphatic heterocycles. The number of hydrogen-bond donors (Lipinski definition) is 0. The molecule has 2 aliphatic rings. The maximum absolute atomic E-state index is 6.05. The van der Waals surface area contributed by atoms with Crippen LogP contribution in [-0.2, 0) is 4.74 Å². The van der Waals surface area contributed by atoms with Gasteiger partial charge in [-0.05, 0) is 51.2 Å². The normalized spacial score (nSPS) is 24.8. The number of rotatable bonds is 3. The van der Waals surface area contributed by atoms with Gasteiger partial charge >= 0.3 is 0 Å². The molecule has 1 saturated heterocycles. The highest BCUT2D eigenvalue weighted by atomic mass is 16.5. The minimum Gasteiger partial charge on any atom is -0.487 e. The molecule has 0 spiro atoms. The SMILES string of the molecule is CC1(Oc2ccc3cnn(C4CCCCO4)c3c2)CC1. The lowest BCUT2D eigenvalue weighted by atomic mass is 10.2. The fourth-order valence-corrected chi connectivity index (χ4v) is 2.79. The molecule has 1 aromatic heterocycles. The van der Waals surface area contributed by atoms with Crippen molar-refractivity contribution in [3.8, 4) is 5.75 Å². The third kappa shape index (κ3) is 2.18. The van der Waals surface area contributed by atoms with Crippen LogP contribution in [0.15, 0.2) is 24.4 Å². The predicted octanol–water partition coefficient (Wildman–Crippen LogP) is 3.67. The number of benzene rings is 1. The summed E-state index contributed by atoms with van der Waals surface area (Å²) >= 11 is 0. The van der Waals surface area contributed by atoms with Gasteiger partial charge in [-0.1, -0.05) is 0 Å².